The van der Waals surface area contributed by atoms with Gasteiger partial charge in [0.2, 0.25) is 0 Å². The number of aliphatic imine (C=N–C) groups is 1. The van der Waals surface area contributed by atoms with Gasteiger partial charge in [-0.15, -0.1) is 0 Å². The topological polar surface area (TPSA) is 49.6 Å². The molecule has 0 amide bonds. The molecule has 4 nitrogen and oxygen atoms in total. The van der Waals surface area contributed by atoms with Crippen LogP contribution in [0.15, 0.2) is 27.8 Å². The highest BCUT2D eigenvalue weighted by Crippen LogP contribution is 2.03. The van der Waals surface area contributed by atoms with E-state index in [1.165, 1.54) is 25.7 Å². The highest BCUT2D eigenvalue weighted by molar-refractivity contribution is 5.80. The molecule has 0 spiro atoms. The minimum absolute atomic E-state index is 0.461. The van der Waals surface area contributed by atoms with Gasteiger partial charge >= 0.3 is 0 Å². The van der Waals surface area contributed by atoms with Gasteiger partial charge in [0.25, 0.3) is 0 Å². The van der Waals surface area contributed by atoms with Crippen molar-refractivity contribution >= 4 is 5.96 Å². The molecule has 20 heavy (non-hydrogen) atoms. The zero-order chi connectivity index (χ0) is 14.6. The van der Waals surface area contributed by atoms with Gasteiger partial charge in [0.15, 0.2) is 5.96 Å². The van der Waals surface area contributed by atoms with Crippen molar-refractivity contribution in [1.82, 2.24) is 10.6 Å². The average Bonchev–Trinajstić information content (AvgIpc) is 2.92. The summed E-state index contributed by atoms with van der Waals surface area (Å²) in [4.78, 5) is 4.59. The van der Waals surface area contributed by atoms with Crippen molar-refractivity contribution in [3.8, 4) is 0 Å². The van der Waals surface area contributed by atoms with Crippen LogP contribution in [0.25, 0.3) is 0 Å². The Kier molecular flexibility index (Phi) is 8.59. The molecule has 1 aromatic heterocycles. The van der Waals surface area contributed by atoms with Crippen LogP contribution in [0, 0.1) is 0 Å². The van der Waals surface area contributed by atoms with Crippen LogP contribution in [0.5, 0.6) is 0 Å². The summed E-state index contributed by atoms with van der Waals surface area (Å²) in [6.45, 7) is 8.16. The van der Waals surface area contributed by atoms with Crippen LogP contribution in [0.1, 0.15) is 52.2 Å². The first-order chi connectivity index (χ1) is 9.76. The first-order valence-electron chi connectivity index (χ1n) is 7.83. The summed E-state index contributed by atoms with van der Waals surface area (Å²) in [5, 5.41) is 6.76. The summed E-state index contributed by atoms with van der Waals surface area (Å²) in [5.74, 6) is 1.89. The highest BCUT2D eigenvalue weighted by atomic mass is 16.3. The molecule has 1 atom stereocenters. The molecule has 1 heterocycles. The Labute approximate surface area is 123 Å². The summed E-state index contributed by atoms with van der Waals surface area (Å²) in [6, 6.07) is 4.37. The number of hydrogen-bond acceptors (Lipinski definition) is 2. The van der Waals surface area contributed by atoms with Gasteiger partial charge in [-0.05, 0) is 32.4 Å². The van der Waals surface area contributed by atoms with Crippen molar-refractivity contribution in [1.29, 1.82) is 0 Å². The second-order valence-electron chi connectivity index (χ2n) is 5.13. The standard InChI is InChI=1S/C16H29N3O/c1-4-6-7-9-14(3)19-16(17-5-2)18-12-11-15-10-8-13-20-15/h8,10,13-14H,4-7,9,11-12H2,1-3H3,(H2,17,18,19). The van der Waals surface area contributed by atoms with Crippen molar-refractivity contribution in [2.45, 2.75) is 58.9 Å². The van der Waals surface area contributed by atoms with Crippen LogP contribution >= 0.6 is 0 Å². The van der Waals surface area contributed by atoms with E-state index in [1.54, 1.807) is 6.26 Å². The van der Waals surface area contributed by atoms with Crippen molar-refractivity contribution < 1.29 is 4.42 Å². The summed E-state index contributed by atoms with van der Waals surface area (Å²) < 4.78 is 5.31. The van der Waals surface area contributed by atoms with Gasteiger partial charge in [0, 0.05) is 25.6 Å². The second-order valence-corrected chi connectivity index (χ2v) is 5.13. The Bertz CT molecular complexity index is 360. The first kappa shape index (κ1) is 16.6. The molecule has 114 valence electrons. The smallest absolute Gasteiger partial charge is 0.191 e. The van der Waals surface area contributed by atoms with Crippen LogP contribution in [0.4, 0.5) is 0 Å². The van der Waals surface area contributed by atoms with E-state index in [-0.39, 0.29) is 0 Å². The predicted octanol–water partition coefficient (Wildman–Crippen LogP) is 3.35. The van der Waals surface area contributed by atoms with Crippen molar-refractivity contribution in [2.24, 2.45) is 4.99 Å². The van der Waals surface area contributed by atoms with E-state index in [1.807, 2.05) is 12.1 Å². The lowest BCUT2D eigenvalue weighted by Crippen LogP contribution is -2.42. The van der Waals surface area contributed by atoms with Crippen molar-refractivity contribution in [3.05, 3.63) is 24.2 Å². The minimum Gasteiger partial charge on any atom is -0.469 e. The molecule has 1 aromatic rings. The molecule has 0 saturated heterocycles. The van der Waals surface area contributed by atoms with Crippen LogP contribution in [-0.2, 0) is 6.42 Å². The van der Waals surface area contributed by atoms with Crippen LogP contribution in [0.3, 0.4) is 0 Å². The maximum atomic E-state index is 5.31. The van der Waals surface area contributed by atoms with E-state index in [9.17, 15) is 0 Å². The third-order valence-corrected chi connectivity index (χ3v) is 3.18. The minimum atomic E-state index is 0.461. The van der Waals surface area contributed by atoms with E-state index < -0.39 is 0 Å². The molecule has 2 N–H and O–H groups in total. The van der Waals surface area contributed by atoms with Gasteiger partial charge < -0.3 is 15.1 Å². The third kappa shape index (κ3) is 7.22. The average molecular weight is 279 g/mol. The molecule has 0 fully saturated rings. The first-order valence-corrected chi connectivity index (χ1v) is 7.83. The van der Waals surface area contributed by atoms with Crippen LogP contribution in [0.2, 0.25) is 0 Å². The number of hydrogen-bond donors (Lipinski definition) is 2. The SMILES string of the molecule is CCCCCC(C)NC(=NCCc1ccco1)NCC. The fourth-order valence-corrected chi connectivity index (χ4v) is 2.06. The molecule has 0 radical (unpaired) electrons. The Morgan fingerprint density at radius 1 is 1.35 bits per heavy atom. The number of nitrogens with one attached hydrogen (secondary N) is 2. The highest BCUT2D eigenvalue weighted by Gasteiger charge is 2.04. The lowest BCUT2D eigenvalue weighted by molar-refractivity contribution is 0.510. The van der Waals surface area contributed by atoms with Gasteiger partial charge in [-0.1, -0.05) is 26.2 Å². The fraction of sp³-hybridized carbons (Fsp3) is 0.688. The number of nitrogens with zero attached hydrogens (tertiary/aromatic N) is 1. The number of furan rings is 1. The molecule has 1 rings (SSSR count). The molecule has 0 bridgehead atoms. The quantitative estimate of drug-likeness (QED) is 0.414. The van der Waals surface area contributed by atoms with Gasteiger partial charge in [-0.2, -0.15) is 0 Å². The largest absolute Gasteiger partial charge is 0.469 e. The van der Waals surface area contributed by atoms with E-state index in [0.717, 1.165) is 31.2 Å². The van der Waals surface area contributed by atoms with E-state index >= 15 is 0 Å². The number of unbranched alkanes of at least 4 members (excludes halogenated alkanes) is 2. The zero-order valence-electron chi connectivity index (χ0n) is 13.1. The molecule has 0 aliphatic heterocycles. The molecule has 1 unspecified atom stereocenters. The van der Waals surface area contributed by atoms with E-state index in [2.05, 4.69) is 36.4 Å². The lowest BCUT2D eigenvalue weighted by atomic mass is 10.1. The Balaban J connectivity index is 2.33. The van der Waals surface area contributed by atoms with Gasteiger partial charge in [-0.25, -0.2) is 0 Å². The Hall–Kier alpha value is -1.45. The molecular weight excluding hydrogens is 250 g/mol. The third-order valence-electron chi connectivity index (χ3n) is 3.18. The summed E-state index contributed by atoms with van der Waals surface area (Å²) in [6.07, 6.45) is 7.58. The summed E-state index contributed by atoms with van der Waals surface area (Å²) in [7, 11) is 0. The van der Waals surface area contributed by atoms with Gasteiger partial charge in [0.1, 0.15) is 5.76 Å². The predicted molar refractivity (Wildman–Crippen MR) is 85.1 cm³/mol. The maximum Gasteiger partial charge on any atom is 0.191 e. The zero-order valence-corrected chi connectivity index (χ0v) is 13.1. The Morgan fingerprint density at radius 3 is 2.85 bits per heavy atom. The lowest BCUT2D eigenvalue weighted by Gasteiger charge is -2.17. The van der Waals surface area contributed by atoms with Crippen LogP contribution in [-0.4, -0.2) is 25.1 Å². The number of rotatable bonds is 9. The molecule has 0 aliphatic rings. The normalized spacial score (nSPS) is 13.2. The Morgan fingerprint density at radius 2 is 2.20 bits per heavy atom. The molecular formula is C16H29N3O. The molecule has 0 aromatic carbocycles. The maximum absolute atomic E-state index is 5.31. The molecule has 0 aliphatic carbocycles. The molecule has 4 heteroatoms. The number of guanidine groups is 1. The van der Waals surface area contributed by atoms with Gasteiger partial charge in [-0.3, -0.25) is 4.99 Å². The van der Waals surface area contributed by atoms with E-state index in [0.29, 0.717) is 6.04 Å². The summed E-state index contributed by atoms with van der Waals surface area (Å²) >= 11 is 0. The van der Waals surface area contributed by atoms with E-state index in [4.69, 9.17) is 4.42 Å². The van der Waals surface area contributed by atoms with Crippen molar-refractivity contribution in [2.75, 3.05) is 13.1 Å². The van der Waals surface area contributed by atoms with Crippen LogP contribution < -0.4 is 10.6 Å². The van der Waals surface area contributed by atoms with Crippen molar-refractivity contribution in [3.63, 3.8) is 0 Å². The second kappa shape index (κ2) is 10.4. The summed E-state index contributed by atoms with van der Waals surface area (Å²) in [5.41, 5.74) is 0. The van der Waals surface area contributed by atoms with Gasteiger partial charge in [0.05, 0.1) is 6.26 Å². The monoisotopic (exact) mass is 279 g/mol. The fourth-order valence-electron chi connectivity index (χ4n) is 2.06. The molecule has 0 saturated carbocycles.